The predicted octanol–water partition coefficient (Wildman–Crippen LogP) is 5.25. The number of rotatable bonds is 5. The number of carbonyl (C=O) groups excluding carboxylic acids is 2. The van der Waals surface area contributed by atoms with Crippen LogP contribution < -0.4 is 0 Å². The molecule has 4 bridgehead atoms. The van der Waals surface area contributed by atoms with Gasteiger partial charge in [-0.3, -0.25) is 4.55 Å². The molecule has 1 aromatic rings. The zero-order valence-corrected chi connectivity index (χ0v) is 21.8. The molecule has 4 aliphatic rings. The summed E-state index contributed by atoms with van der Waals surface area (Å²) in [4.78, 5) is 25.1. The summed E-state index contributed by atoms with van der Waals surface area (Å²) in [6.07, 6.45) is 2.28. The number of carbonyl (C=O) groups is 2. The Hall–Kier alpha value is -0.630. The molecule has 0 heterocycles. The van der Waals surface area contributed by atoms with Crippen molar-refractivity contribution >= 4 is 69.8 Å². The Morgan fingerprint density at radius 3 is 1.94 bits per heavy atom. The molecule has 32 heavy (non-hydrogen) atoms. The van der Waals surface area contributed by atoms with Gasteiger partial charge in [-0.15, -0.1) is 0 Å². The molecule has 7 nitrogen and oxygen atoms in total. The van der Waals surface area contributed by atoms with E-state index in [9.17, 15) is 26.8 Å². The molecule has 0 saturated heterocycles. The first-order chi connectivity index (χ1) is 14.7. The minimum atomic E-state index is -5.98. The van der Waals surface area contributed by atoms with Gasteiger partial charge in [0.15, 0.2) is 0 Å². The minimum absolute atomic E-state index is 0.0161. The standard InChI is InChI=1S/C19H17Br3F2O7S/c20-11-2-12(21)14(13(22)3-11)15(25)30-17-4-9-1-10(5-17)7-18(6-9,8-17)31-16(26)19(23,24)32(27,28)29/h2-3,9-10H,1,4-8H2,(H,27,28,29). The summed E-state index contributed by atoms with van der Waals surface area (Å²) in [5.41, 5.74) is -2.15. The summed E-state index contributed by atoms with van der Waals surface area (Å²) in [5, 5.41) is -5.08. The average molecular weight is 667 g/mol. The smallest absolute Gasteiger partial charge is 0.455 e. The molecule has 0 aliphatic heterocycles. The third-order valence-corrected chi connectivity index (χ3v) is 8.87. The molecule has 2 atom stereocenters. The Kier molecular flexibility index (Phi) is 6.09. The maximum Gasteiger partial charge on any atom is 0.465 e. The first-order valence-electron chi connectivity index (χ1n) is 9.62. The molecule has 2 unspecified atom stereocenters. The van der Waals surface area contributed by atoms with E-state index in [0.29, 0.717) is 21.8 Å². The zero-order valence-electron chi connectivity index (χ0n) is 16.2. The van der Waals surface area contributed by atoms with Crippen LogP contribution in [-0.2, 0) is 24.4 Å². The highest BCUT2D eigenvalue weighted by molar-refractivity contribution is 9.11. The molecular weight excluding hydrogens is 650 g/mol. The van der Waals surface area contributed by atoms with Crippen molar-refractivity contribution in [1.82, 2.24) is 0 Å². The van der Waals surface area contributed by atoms with Crippen molar-refractivity contribution in [3.05, 3.63) is 31.1 Å². The second-order valence-electron chi connectivity index (χ2n) is 8.84. The average Bonchev–Trinajstić information content (AvgIpc) is 2.57. The predicted molar refractivity (Wildman–Crippen MR) is 118 cm³/mol. The summed E-state index contributed by atoms with van der Waals surface area (Å²) < 4.78 is 71.1. The maximum absolute atomic E-state index is 13.8. The minimum Gasteiger partial charge on any atom is -0.455 e. The van der Waals surface area contributed by atoms with E-state index < -0.39 is 38.5 Å². The van der Waals surface area contributed by atoms with E-state index >= 15 is 0 Å². The van der Waals surface area contributed by atoms with Crippen LogP contribution in [0.2, 0.25) is 0 Å². The number of hydrogen-bond acceptors (Lipinski definition) is 6. The normalized spacial score (nSPS) is 31.4. The monoisotopic (exact) mass is 664 g/mol. The molecule has 13 heteroatoms. The van der Waals surface area contributed by atoms with Crippen LogP contribution in [0.15, 0.2) is 25.6 Å². The van der Waals surface area contributed by atoms with Crippen molar-refractivity contribution in [3.8, 4) is 0 Å². The van der Waals surface area contributed by atoms with Gasteiger partial charge in [-0.1, -0.05) is 15.9 Å². The first-order valence-corrected chi connectivity index (χ1v) is 13.4. The van der Waals surface area contributed by atoms with E-state index in [1.807, 2.05) is 0 Å². The van der Waals surface area contributed by atoms with Crippen LogP contribution >= 0.6 is 47.8 Å². The van der Waals surface area contributed by atoms with Gasteiger partial charge in [0.1, 0.15) is 11.2 Å². The van der Waals surface area contributed by atoms with E-state index in [0.717, 1.165) is 10.9 Å². The molecule has 0 radical (unpaired) electrons. The quantitative estimate of drug-likeness (QED) is 0.338. The molecule has 176 valence electrons. The van der Waals surface area contributed by atoms with Gasteiger partial charge in [0, 0.05) is 19.8 Å². The molecule has 1 N–H and O–H groups in total. The van der Waals surface area contributed by atoms with Gasteiger partial charge in [-0.05, 0) is 87.9 Å². The largest absolute Gasteiger partial charge is 0.465 e. The van der Waals surface area contributed by atoms with Gasteiger partial charge in [-0.25, -0.2) is 9.59 Å². The van der Waals surface area contributed by atoms with Crippen molar-refractivity contribution in [3.63, 3.8) is 0 Å². The third-order valence-electron chi connectivity index (χ3n) is 6.34. The van der Waals surface area contributed by atoms with Crippen molar-refractivity contribution in [1.29, 1.82) is 0 Å². The zero-order chi connectivity index (χ0) is 23.7. The van der Waals surface area contributed by atoms with Crippen LogP contribution in [0.25, 0.3) is 0 Å². The number of hydrogen-bond donors (Lipinski definition) is 1. The van der Waals surface area contributed by atoms with Crippen LogP contribution in [0.4, 0.5) is 8.78 Å². The summed E-state index contributed by atoms with van der Waals surface area (Å²) in [7, 11) is -5.98. The molecule has 0 spiro atoms. The van der Waals surface area contributed by atoms with Gasteiger partial charge in [0.2, 0.25) is 0 Å². The highest BCUT2D eigenvalue weighted by Crippen LogP contribution is 2.60. The second-order valence-corrected chi connectivity index (χ2v) is 12.9. The molecule has 4 fully saturated rings. The molecular formula is C19H17Br3F2O7S. The Morgan fingerprint density at radius 1 is 1.00 bits per heavy atom. The van der Waals surface area contributed by atoms with Crippen molar-refractivity contribution in [2.75, 3.05) is 0 Å². The lowest BCUT2D eigenvalue weighted by Gasteiger charge is -2.60. The molecule has 1 aromatic carbocycles. The Morgan fingerprint density at radius 2 is 1.47 bits per heavy atom. The highest BCUT2D eigenvalue weighted by atomic mass is 79.9. The Bertz CT molecular complexity index is 1070. The van der Waals surface area contributed by atoms with Crippen LogP contribution in [0.5, 0.6) is 0 Å². The third kappa shape index (κ3) is 4.27. The lowest BCUT2D eigenvalue weighted by atomic mass is 9.52. The van der Waals surface area contributed by atoms with Crippen LogP contribution in [0, 0.1) is 11.8 Å². The van der Waals surface area contributed by atoms with Crippen LogP contribution in [0.1, 0.15) is 48.9 Å². The number of alkyl halides is 2. The van der Waals surface area contributed by atoms with Gasteiger partial charge in [-0.2, -0.15) is 17.2 Å². The molecule has 0 amide bonds. The topological polar surface area (TPSA) is 107 Å². The number of halogens is 5. The molecule has 4 saturated carbocycles. The Labute approximate surface area is 207 Å². The summed E-state index contributed by atoms with van der Waals surface area (Å²) >= 11 is 10.0. The summed E-state index contributed by atoms with van der Waals surface area (Å²) in [6.45, 7) is 0. The van der Waals surface area contributed by atoms with Crippen molar-refractivity contribution in [2.24, 2.45) is 11.8 Å². The second kappa shape index (κ2) is 7.96. The number of esters is 2. The Balaban J connectivity index is 1.60. The van der Waals surface area contributed by atoms with Crippen LogP contribution in [-0.4, -0.2) is 41.4 Å². The fourth-order valence-corrected chi connectivity index (χ4v) is 8.52. The lowest BCUT2D eigenvalue weighted by molar-refractivity contribution is -0.228. The summed E-state index contributed by atoms with van der Waals surface area (Å²) in [6, 6.07) is 3.36. The fraction of sp³-hybridized carbons (Fsp3) is 0.579. The number of benzene rings is 1. The van der Waals surface area contributed by atoms with E-state index in [2.05, 4.69) is 47.8 Å². The van der Waals surface area contributed by atoms with E-state index in [4.69, 9.17) is 14.0 Å². The maximum atomic E-state index is 13.8. The lowest BCUT2D eigenvalue weighted by Crippen LogP contribution is -2.62. The number of ether oxygens (including phenoxy) is 2. The molecule has 4 aliphatic carbocycles. The van der Waals surface area contributed by atoms with Gasteiger partial charge in [0.05, 0.1) is 5.56 Å². The van der Waals surface area contributed by atoms with Gasteiger partial charge >= 0.3 is 27.3 Å². The van der Waals surface area contributed by atoms with E-state index in [1.165, 1.54) is 0 Å². The van der Waals surface area contributed by atoms with Crippen LogP contribution in [0.3, 0.4) is 0 Å². The fourth-order valence-electron chi connectivity index (χ4n) is 5.68. The van der Waals surface area contributed by atoms with Gasteiger partial charge in [0.25, 0.3) is 0 Å². The summed E-state index contributed by atoms with van der Waals surface area (Å²) in [5.74, 6) is -3.01. The van der Waals surface area contributed by atoms with Gasteiger partial charge < -0.3 is 9.47 Å². The van der Waals surface area contributed by atoms with E-state index in [1.54, 1.807) is 12.1 Å². The van der Waals surface area contributed by atoms with Crippen molar-refractivity contribution in [2.45, 2.75) is 55.0 Å². The molecule has 5 rings (SSSR count). The first kappa shape index (κ1) is 24.5. The molecule has 0 aromatic heterocycles. The van der Waals surface area contributed by atoms with E-state index in [-0.39, 0.29) is 36.7 Å². The van der Waals surface area contributed by atoms with Crippen molar-refractivity contribution < 1.29 is 40.8 Å². The highest BCUT2D eigenvalue weighted by Gasteiger charge is 2.64. The SMILES string of the molecule is O=C(OC12CC3CC(C1)CC(OC(=O)C(F)(F)S(=O)(=O)O)(C3)C2)c1c(Br)cc(Br)cc1Br.